The van der Waals surface area contributed by atoms with Crippen LogP contribution < -0.4 is 11.1 Å². The van der Waals surface area contributed by atoms with Crippen LogP contribution in [-0.4, -0.2) is 24.3 Å². The highest BCUT2D eigenvalue weighted by molar-refractivity contribution is 5.67. The third-order valence-corrected chi connectivity index (χ3v) is 6.12. The van der Waals surface area contributed by atoms with Gasteiger partial charge in [-0.1, -0.05) is 0 Å². The van der Waals surface area contributed by atoms with E-state index in [1.54, 1.807) is 0 Å². The van der Waals surface area contributed by atoms with Gasteiger partial charge in [0.2, 0.25) is 0 Å². The zero-order chi connectivity index (χ0) is 16.7. The molecule has 0 saturated heterocycles. The molecule has 4 saturated carbocycles. The van der Waals surface area contributed by atoms with Gasteiger partial charge in [0.1, 0.15) is 5.60 Å². The first-order chi connectivity index (χ1) is 10.7. The third-order valence-electron chi connectivity index (χ3n) is 6.12. The van der Waals surface area contributed by atoms with Crippen molar-refractivity contribution in [2.45, 2.75) is 83.8 Å². The van der Waals surface area contributed by atoms with Crippen molar-refractivity contribution >= 4 is 6.09 Å². The number of amides is 1. The van der Waals surface area contributed by atoms with Crippen LogP contribution in [0.3, 0.4) is 0 Å². The molecular formula is C19H34N2O2. The molecule has 0 aliphatic heterocycles. The first-order valence-corrected chi connectivity index (χ1v) is 9.45. The van der Waals surface area contributed by atoms with E-state index in [0.717, 1.165) is 24.2 Å². The Morgan fingerprint density at radius 1 is 1.17 bits per heavy atom. The molecule has 4 nitrogen and oxygen atoms in total. The minimum Gasteiger partial charge on any atom is -0.444 e. The van der Waals surface area contributed by atoms with Crippen molar-refractivity contribution in [1.82, 2.24) is 5.32 Å². The Kier molecular flexibility index (Phi) is 4.65. The second-order valence-electron chi connectivity index (χ2n) is 9.60. The number of hydrogen-bond donors (Lipinski definition) is 2. The quantitative estimate of drug-likeness (QED) is 0.808. The average Bonchev–Trinajstić information content (AvgIpc) is 2.39. The van der Waals surface area contributed by atoms with E-state index in [4.69, 9.17) is 10.5 Å². The van der Waals surface area contributed by atoms with Gasteiger partial charge in [-0.05, 0) is 95.3 Å². The maximum absolute atomic E-state index is 11.7. The summed E-state index contributed by atoms with van der Waals surface area (Å²) in [6.07, 6.45) is 10.7. The molecule has 0 radical (unpaired) electrons. The van der Waals surface area contributed by atoms with Gasteiger partial charge < -0.3 is 15.8 Å². The summed E-state index contributed by atoms with van der Waals surface area (Å²) in [5.74, 6) is 2.99. The van der Waals surface area contributed by atoms with E-state index in [2.05, 4.69) is 5.32 Å². The number of nitrogens with two attached hydrogens (primary N) is 1. The van der Waals surface area contributed by atoms with Crippen LogP contribution in [0.25, 0.3) is 0 Å². The molecule has 1 atom stereocenters. The molecule has 4 aliphatic carbocycles. The van der Waals surface area contributed by atoms with Crippen molar-refractivity contribution in [2.24, 2.45) is 28.9 Å². The van der Waals surface area contributed by atoms with E-state index < -0.39 is 5.60 Å². The van der Waals surface area contributed by atoms with Crippen LogP contribution in [0.15, 0.2) is 0 Å². The van der Waals surface area contributed by atoms with E-state index in [1.807, 2.05) is 20.8 Å². The van der Waals surface area contributed by atoms with Gasteiger partial charge in [-0.3, -0.25) is 0 Å². The molecule has 4 aliphatic rings. The molecule has 23 heavy (non-hydrogen) atoms. The summed E-state index contributed by atoms with van der Waals surface area (Å²) in [5.41, 5.74) is 6.38. The smallest absolute Gasteiger partial charge is 0.407 e. The van der Waals surface area contributed by atoms with Crippen LogP contribution in [-0.2, 0) is 4.74 Å². The molecule has 0 aromatic rings. The number of nitrogens with one attached hydrogen (secondary N) is 1. The fourth-order valence-electron chi connectivity index (χ4n) is 5.72. The normalized spacial score (nSPS) is 36.8. The molecule has 1 amide bonds. The summed E-state index contributed by atoms with van der Waals surface area (Å²) in [4.78, 5) is 11.7. The van der Waals surface area contributed by atoms with Crippen molar-refractivity contribution in [2.75, 3.05) is 6.54 Å². The standard InChI is InChI=1S/C19H34N2O2/c1-18(2,3)23-17(22)21-12-16(20)4-5-19-9-13-6-14(10-19)8-15(7-13)11-19/h13-16H,4-12,20H2,1-3H3,(H,21,22). The van der Waals surface area contributed by atoms with Gasteiger partial charge in [0.05, 0.1) is 0 Å². The Morgan fingerprint density at radius 2 is 1.70 bits per heavy atom. The molecular weight excluding hydrogens is 288 g/mol. The molecule has 0 aromatic heterocycles. The highest BCUT2D eigenvalue weighted by Gasteiger charge is 2.50. The van der Waals surface area contributed by atoms with E-state index >= 15 is 0 Å². The predicted molar refractivity (Wildman–Crippen MR) is 92.1 cm³/mol. The van der Waals surface area contributed by atoms with Crippen LogP contribution in [0.1, 0.15) is 72.1 Å². The summed E-state index contributed by atoms with van der Waals surface area (Å²) < 4.78 is 5.26. The van der Waals surface area contributed by atoms with Crippen molar-refractivity contribution < 1.29 is 9.53 Å². The van der Waals surface area contributed by atoms with Gasteiger partial charge in [0.15, 0.2) is 0 Å². The molecule has 0 spiro atoms. The Balaban J connectivity index is 1.41. The SMILES string of the molecule is CC(C)(C)OC(=O)NCC(N)CCC12CC3CC(CC(C3)C1)C2. The van der Waals surface area contributed by atoms with E-state index in [1.165, 1.54) is 44.9 Å². The van der Waals surface area contributed by atoms with Gasteiger partial charge in [-0.2, -0.15) is 0 Å². The molecule has 1 unspecified atom stereocenters. The predicted octanol–water partition coefficient (Wildman–Crippen LogP) is 3.84. The van der Waals surface area contributed by atoms with Crippen molar-refractivity contribution in [3.63, 3.8) is 0 Å². The minimum absolute atomic E-state index is 0.0375. The lowest BCUT2D eigenvalue weighted by atomic mass is 9.48. The molecule has 132 valence electrons. The van der Waals surface area contributed by atoms with Crippen LogP contribution >= 0.6 is 0 Å². The van der Waals surface area contributed by atoms with Gasteiger partial charge in [0, 0.05) is 12.6 Å². The number of carbonyl (C=O) groups excluding carboxylic acids is 1. The van der Waals surface area contributed by atoms with Gasteiger partial charge >= 0.3 is 6.09 Å². The highest BCUT2D eigenvalue weighted by Crippen LogP contribution is 2.61. The summed E-state index contributed by atoms with van der Waals surface area (Å²) >= 11 is 0. The van der Waals surface area contributed by atoms with Crippen molar-refractivity contribution in [3.8, 4) is 0 Å². The summed E-state index contributed by atoms with van der Waals surface area (Å²) in [5, 5.41) is 2.81. The Hall–Kier alpha value is -0.770. The van der Waals surface area contributed by atoms with Crippen LogP contribution in [0.4, 0.5) is 4.79 Å². The maximum Gasteiger partial charge on any atom is 0.407 e. The van der Waals surface area contributed by atoms with E-state index in [-0.39, 0.29) is 12.1 Å². The summed E-state index contributed by atoms with van der Waals surface area (Å²) in [7, 11) is 0. The fraction of sp³-hybridized carbons (Fsp3) is 0.947. The number of ether oxygens (including phenoxy) is 1. The van der Waals surface area contributed by atoms with Crippen LogP contribution in [0.2, 0.25) is 0 Å². The van der Waals surface area contributed by atoms with E-state index in [9.17, 15) is 4.79 Å². The van der Waals surface area contributed by atoms with E-state index in [0.29, 0.717) is 12.0 Å². The van der Waals surface area contributed by atoms with Crippen molar-refractivity contribution in [3.05, 3.63) is 0 Å². The lowest BCUT2D eigenvalue weighted by molar-refractivity contribution is -0.0588. The Labute approximate surface area is 140 Å². The first kappa shape index (κ1) is 17.1. The molecule has 4 rings (SSSR count). The molecule has 0 heterocycles. The average molecular weight is 322 g/mol. The van der Waals surface area contributed by atoms with Gasteiger partial charge in [0.25, 0.3) is 0 Å². The summed E-state index contributed by atoms with van der Waals surface area (Å²) in [6, 6.07) is 0.0375. The maximum atomic E-state index is 11.7. The zero-order valence-electron chi connectivity index (χ0n) is 15.1. The molecule has 4 heteroatoms. The Bertz CT molecular complexity index is 406. The topological polar surface area (TPSA) is 64.3 Å². The summed E-state index contributed by atoms with van der Waals surface area (Å²) in [6.45, 7) is 6.14. The number of alkyl carbamates (subject to hydrolysis) is 1. The first-order valence-electron chi connectivity index (χ1n) is 9.45. The third kappa shape index (κ3) is 4.40. The molecule has 3 N–H and O–H groups in total. The van der Waals surface area contributed by atoms with Crippen molar-refractivity contribution in [1.29, 1.82) is 0 Å². The lowest BCUT2D eigenvalue weighted by Crippen LogP contribution is -2.47. The molecule has 0 aromatic carbocycles. The zero-order valence-corrected chi connectivity index (χ0v) is 15.1. The van der Waals surface area contributed by atoms with Crippen LogP contribution in [0.5, 0.6) is 0 Å². The number of rotatable bonds is 5. The number of carbonyl (C=O) groups is 1. The fourth-order valence-corrected chi connectivity index (χ4v) is 5.72. The number of hydrogen-bond acceptors (Lipinski definition) is 3. The highest BCUT2D eigenvalue weighted by atomic mass is 16.6. The van der Waals surface area contributed by atoms with Gasteiger partial charge in [-0.25, -0.2) is 4.79 Å². The second kappa shape index (κ2) is 6.27. The molecule has 4 bridgehead atoms. The largest absolute Gasteiger partial charge is 0.444 e. The monoisotopic (exact) mass is 322 g/mol. The minimum atomic E-state index is -0.451. The molecule has 4 fully saturated rings. The lowest BCUT2D eigenvalue weighted by Gasteiger charge is -2.57. The van der Waals surface area contributed by atoms with Crippen LogP contribution in [0, 0.1) is 23.2 Å². The second-order valence-corrected chi connectivity index (χ2v) is 9.60. The Morgan fingerprint density at radius 3 is 2.17 bits per heavy atom. The van der Waals surface area contributed by atoms with Gasteiger partial charge in [-0.15, -0.1) is 0 Å².